The molecule has 0 bridgehead atoms. The second-order valence-electron chi connectivity index (χ2n) is 4.15. The summed E-state index contributed by atoms with van der Waals surface area (Å²) < 4.78 is 1.10. The number of rotatable bonds is 0. The number of nitrogens with zero attached hydrogens (tertiary/aromatic N) is 1. The lowest BCUT2D eigenvalue weighted by Gasteiger charge is -2.19. The molecule has 0 saturated heterocycles. The van der Waals surface area contributed by atoms with E-state index in [0.29, 0.717) is 6.54 Å². The van der Waals surface area contributed by atoms with E-state index in [9.17, 15) is 4.79 Å². The molecule has 1 aliphatic rings. The molecular weight excluding hydrogens is 315 g/mol. The Balaban J connectivity index is 2.41. The molecule has 1 aliphatic heterocycles. The zero-order valence-corrected chi connectivity index (χ0v) is 11.5. The van der Waals surface area contributed by atoms with E-state index >= 15 is 0 Å². The minimum absolute atomic E-state index is 0.145. The molecule has 0 aliphatic carbocycles. The normalized spacial score (nSPS) is 15.5. The number of nitrogens with two attached hydrogens (primary N) is 1. The van der Waals surface area contributed by atoms with Crippen molar-refractivity contribution in [3.05, 3.63) is 26.8 Å². The van der Waals surface area contributed by atoms with E-state index in [4.69, 9.17) is 5.73 Å². The van der Waals surface area contributed by atoms with Crippen LogP contribution in [-0.2, 0) is 17.8 Å². The standard InChI is InChI=1S/C12H15IN2O/c1-8(16)15-6-2-3-9-4-5-11(14)12(13)10(9)7-15/h4-5H,2-3,6-7,14H2,1H3. The van der Waals surface area contributed by atoms with E-state index in [1.165, 1.54) is 11.1 Å². The first-order chi connectivity index (χ1) is 7.59. The molecule has 1 aromatic rings. The summed E-state index contributed by atoms with van der Waals surface area (Å²) in [5.74, 6) is 0.145. The zero-order valence-electron chi connectivity index (χ0n) is 9.29. The largest absolute Gasteiger partial charge is 0.398 e. The van der Waals surface area contributed by atoms with Crippen LogP contribution in [0.4, 0.5) is 5.69 Å². The quantitative estimate of drug-likeness (QED) is 0.585. The summed E-state index contributed by atoms with van der Waals surface area (Å²) in [7, 11) is 0. The number of anilines is 1. The Bertz CT molecular complexity index is 431. The average molecular weight is 330 g/mol. The summed E-state index contributed by atoms with van der Waals surface area (Å²) in [6.45, 7) is 3.18. The third-order valence-corrected chi connectivity index (χ3v) is 4.31. The van der Waals surface area contributed by atoms with Crippen LogP contribution in [0, 0.1) is 3.57 Å². The molecule has 86 valence electrons. The van der Waals surface area contributed by atoms with Crippen molar-refractivity contribution < 1.29 is 4.79 Å². The van der Waals surface area contributed by atoms with Crippen LogP contribution in [-0.4, -0.2) is 17.4 Å². The van der Waals surface area contributed by atoms with Gasteiger partial charge in [0.2, 0.25) is 5.91 Å². The number of carbonyl (C=O) groups excluding carboxylic acids is 1. The molecule has 3 nitrogen and oxygen atoms in total. The van der Waals surface area contributed by atoms with Crippen LogP contribution in [0.2, 0.25) is 0 Å². The number of carbonyl (C=O) groups is 1. The van der Waals surface area contributed by atoms with Gasteiger partial charge in [0.05, 0.1) is 0 Å². The summed E-state index contributed by atoms with van der Waals surface area (Å²) in [4.78, 5) is 13.3. The lowest BCUT2D eigenvalue weighted by atomic mass is 10.0. The number of hydrogen-bond donors (Lipinski definition) is 1. The van der Waals surface area contributed by atoms with Gasteiger partial charge in [-0.05, 0) is 52.6 Å². The van der Waals surface area contributed by atoms with Gasteiger partial charge in [0.1, 0.15) is 0 Å². The summed E-state index contributed by atoms with van der Waals surface area (Å²) in [6, 6.07) is 4.06. The van der Waals surface area contributed by atoms with Crippen LogP contribution < -0.4 is 5.73 Å². The molecule has 0 atom stereocenters. The monoisotopic (exact) mass is 330 g/mol. The number of fused-ring (bicyclic) bond motifs is 1. The van der Waals surface area contributed by atoms with E-state index in [2.05, 4.69) is 28.7 Å². The molecule has 0 unspecified atom stereocenters. The van der Waals surface area contributed by atoms with Gasteiger partial charge in [0, 0.05) is 29.3 Å². The Labute approximate surface area is 109 Å². The number of amides is 1. The van der Waals surface area contributed by atoms with Crippen LogP contribution in [0.5, 0.6) is 0 Å². The first-order valence-corrected chi connectivity index (χ1v) is 6.48. The van der Waals surface area contributed by atoms with Gasteiger partial charge in [-0.2, -0.15) is 0 Å². The van der Waals surface area contributed by atoms with E-state index in [-0.39, 0.29) is 5.91 Å². The summed E-state index contributed by atoms with van der Waals surface area (Å²) in [5.41, 5.74) is 9.28. The molecule has 0 fully saturated rings. The smallest absolute Gasteiger partial charge is 0.219 e. The van der Waals surface area contributed by atoms with Crippen LogP contribution in [0.1, 0.15) is 24.5 Å². The molecule has 4 heteroatoms. The van der Waals surface area contributed by atoms with Crippen LogP contribution in [0.15, 0.2) is 12.1 Å². The first kappa shape index (κ1) is 11.7. The van der Waals surface area contributed by atoms with Crippen molar-refractivity contribution in [2.45, 2.75) is 26.3 Å². The highest BCUT2D eigenvalue weighted by atomic mass is 127. The van der Waals surface area contributed by atoms with E-state index in [1.54, 1.807) is 6.92 Å². The third-order valence-electron chi connectivity index (χ3n) is 3.04. The molecule has 16 heavy (non-hydrogen) atoms. The van der Waals surface area contributed by atoms with Gasteiger partial charge in [-0.25, -0.2) is 0 Å². The van der Waals surface area contributed by atoms with Gasteiger partial charge in [-0.1, -0.05) is 6.07 Å². The van der Waals surface area contributed by atoms with Crippen molar-refractivity contribution in [2.75, 3.05) is 12.3 Å². The highest BCUT2D eigenvalue weighted by Crippen LogP contribution is 2.27. The number of nitrogen functional groups attached to an aromatic ring is 1. The minimum atomic E-state index is 0.145. The molecular formula is C12H15IN2O. The molecule has 0 saturated carbocycles. The van der Waals surface area contributed by atoms with Gasteiger partial charge in [-0.3, -0.25) is 4.79 Å². The van der Waals surface area contributed by atoms with Crippen LogP contribution in [0.25, 0.3) is 0 Å². The second-order valence-corrected chi connectivity index (χ2v) is 5.23. The Kier molecular flexibility index (Phi) is 3.37. The highest BCUT2D eigenvalue weighted by molar-refractivity contribution is 14.1. The Morgan fingerprint density at radius 2 is 2.25 bits per heavy atom. The molecule has 1 amide bonds. The van der Waals surface area contributed by atoms with Gasteiger partial charge >= 0.3 is 0 Å². The molecule has 1 heterocycles. The van der Waals surface area contributed by atoms with Crippen molar-refractivity contribution in [1.82, 2.24) is 4.90 Å². The van der Waals surface area contributed by atoms with Gasteiger partial charge < -0.3 is 10.6 Å². The second kappa shape index (κ2) is 4.61. The van der Waals surface area contributed by atoms with E-state index in [0.717, 1.165) is 28.6 Å². The fourth-order valence-electron chi connectivity index (χ4n) is 2.08. The SMILES string of the molecule is CC(=O)N1CCCc2ccc(N)c(I)c2C1. The van der Waals surface area contributed by atoms with Gasteiger partial charge in [0.15, 0.2) is 0 Å². The average Bonchev–Trinajstić information content (AvgIpc) is 2.46. The van der Waals surface area contributed by atoms with E-state index < -0.39 is 0 Å². The number of halogens is 1. The molecule has 0 aromatic heterocycles. The fraction of sp³-hybridized carbons (Fsp3) is 0.417. The zero-order chi connectivity index (χ0) is 11.7. The molecule has 0 spiro atoms. The molecule has 2 rings (SSSR count). The number of aryl methyl sites for hydroxylation is 1. The van der Waals surface area contributed by atoms with Crippen molar-refractivity contribution in [1.29, 1.82) is 0 Å². The van der Waals surface area contributed by atoms with Crippen molar-refractivity contribution >= 4 is 34.2 Å². The fourth-order valence-corrected chi connectivity index (χ4v) is 2.78. The van der Waals surface area contributed by atoms with E-state index in [1.807, 2.05) is 11.0 Å². The summed E-state index contributed by atoms with van der Waals surface area (Å²) in [6.07, 6.45) is 2.07. The molecule has 1 aromatic carbocycles. The number of hydrogen-bond acceptors (Lipinski definition) is 2. The lowest BCUT2D eigenvalue weighted by Crippen LogP contribution is -2.28. The van der Waals surface area contributed by atoms with Gasteiger partial charge in [0.25, 0.3) is 0 Å². The topological polar surface area (TPSA) is 46.3 Å². The Hall–Kier alpha value is -0.780. The lowest BCUT2D eigenvalue weighted by molar-refractivity contribution is -0.129. The molecule has 2 N–H and O–H groups in total. The third kappa shape index (κ3) is 2.16. The van der Waals surface area contributed by atoms with Crippen molar-refractivity contribution in [2.24, 2.45) is 0 Å². The minimum Gasteiger partial charge on any atom is -0.398 e. The number of benzene rings is 1. The van der Waals surface area contributed by atoms with Crippen LogP contribution in [0.3, 0.4) is 0 Å². The predicted octanol–water partition coefficient (Wildman–Crippen LogP) is 2.17. The van der Waals surface area contributed by atoms with Crippen molar-refractivity contribution in [3.8, 4) is 0 Å². The van der Waals surface area contributed by atoms with Gasteiger partial charge in [-0.15, -0.1) is 0 Å². The maximum Gasteiger partial charge on any atom is 0.219 e. The Morgan fingerprint density at radius 1 is 1.50 bits per heavy atom. The van der Waals surface area contributed by atoms with Crippen molar-refractivity contribution in [3.63, 3.8) is 0 Å². The maximum absolute atomic E-state index is 11.4. The highest BCUT2D eigenvalue weighted by Gasteiger charge is 2.19. The predicted molar refractivity (Wildman–Crippen MR) is 73.0 cm³/mol. The maximum atomic E-state index is 11.4. The molecule has 0 radical (unpaired) electrons. The summed E-state index contributed by atoms with van der Waals surface area (Å²) in [5, 5.41) is 0. The summed E-state index contributed by atoms with van der Waals surface area (Å²) >= 11 is 2.28. The van der Waals surface area contributed by atoms with Crippen LogP contribution >= 0.6 is 22.6 Å². The Morgan fingerprint density at radius 3 is 2.94 bits per heavy atom. The first-order valence-electron chi connectivity index (χ1n) is 5.41.